The average Bonchev–Trinajstić information content (AvgIpc) is 3.50. The van der Waals surface area contributed by atoms with Crippen LogP contribution >= 0.6 is 0 Å². The van der Waals surface area contributed by atoms with Crippen molar-refractivity contribution in [1.29, 1.82) is 0 Å². The minimum Gasteiger partial charge on any atom is -0.507 e. The summed E-state index contributed by atoms with van der Waals surface area (Å²) in [5, 5.41) is 14.8. The van der Waals surface area contributed by atoms with Gasteiger partial charge in [-0.15, -0.1) is 0 Å². The number of phenolic OH excluding ortho intramolecular Hbond substituents is 1. The van der Waals surface area contributed by atoms with Crippen LogP contribution in [-0.4, -0.2) is 36.4 Å². The number of nitrogens with one attached hydrogen (secondary N) is 1. The number of carbonyl (C=O) groups is 1. The van der Waals surface area contributed by atoms with Crippen LogP contribution in [0.1, 0.15) is 78.6 Å². The van der Waals surface area contributed by atoms with Crippen molar-refractivity contribution in [3.05, 3.63) is 48.6 Å². The summed E-state index contributed by atoms with van der Waals surface area (Å²) in [6, 6.07) is 11.0. The number of hydrogen-bond donors (Lipinski definition) is 2. The molecule has 2 aliphatic heterocycles. The second-order valence-corrected chi connectivity index (χ2v) is 11.5. The molecule has 2 bridgehead atoms. The number of fused-ring (bicyclic) bond motifs is 3. The Hall–Kier alpha value is -2.37. The molecule has 2 fully saturated rings. The summed E-state index contributed by atoms with van der Waals surface area (Å²) in [7, 11) is 0. The van der Waals surface area contributed by atoms with Crippen molar-refractivity contribution in [2.45, 2.75) is 90.8 Å². The summed E-state index contributed by atoms with van der Waals surface area (Å²) >= 11 is 0. The van der Waals surface area contributed by atoms with E-state index in [0.29, 0.717) is 24.0 Å². The zero-order valence-corrected chi connectivity index (χ0v) is 22.9. The molecule has 0 saturated carbocycles. The fraction of sp³-hybridized carbons (Fsp3) is 0.594. The van der Waals surface area contributed by atoms with E-state index in [9.17, 15) is 9.90 Å². The van der Waals surface area contributed by atoms with Crippen LogP contribution in [0.2, 0.25) is 0 Å². The van der Waals surface area contributed by atoms with Gasteiger partial charge in [-0.25, -0.2) is 0 Å². The summed E-state index contributed by atoms with van der Waals surface area (Å²) in [6.07, 6.45) is 15.3. The normalized spacial score (nSPS) is 23.3. The Morgan fingerprint density at radius 1 is 1.05 bits per heavy atom. The lowest BCUT2D eigenvalue weighted by molar-refractivity contribution is -0.124. The maximum absolute atomic E-state index is 13.1. The van der Waals surface area contributed by atoms with E-state index >= 15 is 0 Å². The SMILES string of the molecule is CCCCCCOC[C@@H]1[C@H](CC=CCCC(C)(C)C(=O)Nc2ccc(O)c3ccccc23)[C@@H]2CC[C@H]1O2. The average molecular weight is 508 g/mol. The van der Waals surface area contributed by atoms with Crippen molar-refractivity contribution in [2.24, 2.45) is 17.3 Å². The smallest absolute Gasteiger partial charge is 0.230 e. The van der Waals surface area contributed by atoms with Crippen molar-refractivity contribution < 1.29 is 19.4 Å². The molecule has 2 saturated heterocycles. The lowest BCUT2D eigenvalue weighted by Crippen LogP contribution is -2.31. The summed E-state index contributed by atoms with van der Waals surface area (Å²) < 4.78 is 12.3. The third-order valence-electron chi connectivity index (χ3n) is 8.32. The Balaban J connectivity index is 1.24. The van der Waals surface area contributed by atoms with Crippen LogP contribution in [0.3, 0.4) is 0 Å². The molecule has 2 aromatic rings. The lowest BCUT2D eigenvalue weighted by atomic mass is 9.78. The van der Waals surface area contributed by atoms with Crippen molar-refractivity contribution in [1.82, 2.24) is 0 Å². The largest absolute Gasteiger partial charge is 0.507 e. The van der Waals surface area contributed by atoms with E-state index in [1.165, 1.54) is 32.1 Å². The molecule has 2 N–H and O–H groups in total. The molecule has 0 aromatic heterocycles. The van der Waals surface area contributed by atoms with E-state index in [0.717, 1.165) is 55.4 Å². The van der Waals surface area contributed by atoms with Crippen LogP contribution in [-0.2, 0) is 14.3 Å². The van der Waals surface area contributed by atoms with Crippen LogP contribution in [0.25, 0.3) is 10.8 Å². The van der Waals surface area contributed by atoms with Crippen LogP contribution in [0.4, 0.5) is 5.69 Å². The van der Waals surface area contributed by atoms with Gasteiger partial charge in [-0.05, 0) is 56.6 Å². The number of allylic oxidation sites excluding steroid dienone is 2. The highest BCUT2D eigenvalue weighted by Gasteiger charge is 2.48. The molecule has 2 heterocycles. The number of rotatable bonds is 14. The molecular formula is C32H45NO4. The zero-order valence-electron chi connectivity index (χ0n) is 22.9. The molecule has 0 spiro atoms. The van der Waals surface area contributed by atoms with Gasteiger partial charge >= 0.3 is 0 Å². The fourth-order valence-electron chi connectivity index (χ4n) is 5.89. The van der Waals surface area contributed by atoms with E-state index < -0.39 is 5.41 Å². The van der Waals surface area contributed by atoms with E-state index in [4.69, 9.17) is 9.47 Å². The fourth-order valence-corrected chi connectivity index (χ4v) is 5.89. The number of amides is 1. The highest BCUT2D eigenvalue weighted by molar-refractivity contribution is 6.05. The Morgan fingerprint density at radius 2 is 1.81 bits per heavy atom. The Labute approximate surface area is 222 Å². The van der Waals surface area contributed by atoms with E-state index in [1.54, 1.807) is 12.1 Å². The number of benzene rings is 2. The first-order valence-electron chi connectivity index (χ1n) is 14.3. The van der Waals surface area contributed by atoms with Crippen molar-refractivity contribution >= 4 is 22.4 Å². The molecule has 1 amide bonds. The molecule has 0 aliphatic carbocycles. The van der Waals surface area contributed by atoms with Gasteiger partial charge in [-0.1, -0.05) is 76.5 Å². The van der Waals surface area contributed by atoms with Crippen LogP contribution in [0, 0.1) is 17.3 Å². The molecule has 2 aliphatic rings. The number of ether oxygens (including phenoxy) is 2. The van der Waals surface area contributed by atoms with Crippen LogP contribution < -0.4 is 5.32 Å². The summed E-state index contributed by atoms with van der Waals surface area (Å²) in [4.78, 5) is 13.1. The van der Waals surface area contributed by atoms with Crippen molar-refractivity contribution in [3.63, 3.8) is 0 Å². The Bertz CT molecular complexity index is 1060. The number of aromatic hydroxyl groups is 1. The topological polar surface area (TPSA) is 67.8 Å². The van der Waals surface area contributed by atoms with Crippen LogP contribution in [0.15, 0.2) is 48.6 Å². The van der Waals surface area contributed by atoms with Gasteiger partial charge in [0.2, 0.25) is 5.91 Å². The molecule has 4 rings (SSSR count). The van der Waals surface area contributed by atoms with E-state index in [-0.39, 0.29) is 11.7 Å². The van der Waals surface area contributed by atoms with E-state index in [2.05, 4.69) is 24.4 Å². The zero-order chi connectivity index (χ0) is 26.3. The maximum atomic E-state index is 13.1. The van der Waals surface area contributed by atoms with Gasteiger partial charge in [-0.2, -0.15) is 0 Å². The third-order valence-corrected chi connectivity index (χ3v) is 8.32. The number of hydrogen-bond acceptors (Lipinski definition) is 4. The quantitative estimate of drug-likeness (QED) is 0.157. The number of unbranched alkanes of at least 4 members (excludes halogenated alkanes) is 3. The van der Waals surface area contributed by atoms with Gasteiger partial charge in [0.05, 0.1) is 18.8 Å². The standard InChI is InChI=1S/C32H45NO4/c1-4-5-6-12-21-36-22-26-25(29-18-19-30(26)37-29)15-8-7-11-20-32(2,3)31(35)33-27-16-17-28(34)24-14-10-9-13-23(24)27/h7-10,13-14,16-17,25-26,29-30,34H,4-6,11-12,15,18-22H2,1-3H3,(H,33,35)/t25-,26+,29-,30+/m0/s1. The molecular weight excluding hydrogens is 462 g/mol. The number of anilines is 1. The Kier molecular flexibility index (Phi) is 9.66. The number of phenols is 1. The first-order chi connectivity index (χ1) is 17.9. The summed E-state index contributed by atoms with van der Waals surface area (Å²) in [5.41, 5.74) is 0.226. The minimum absolute atomic E-state index is 0.00519. The monoisotopic (exact) mass is 507 g/mol. The van der Waals surface area contributed by atoms with Crippen molar-refractivity contribution in [2.75, 3.05) is 18.5 Å². The van der Waals surface area contributed by atoms with Crippen LogP contribution in [0.5, 0.6) is 5.75 Å². The lowest BCUT2D eigenvalue weighted by Gasteiger charge is -2.27. The molecule has 4 atom stereocenters. The Morgan fingerprint density at radius 3 is 2.59 bits per heavy atom. The third kappa shape index (κ3) is 6.94. The van der Waals surface area contributed by atoms with Gasteiger partial charge < -0.3 is 19.9 Å². The molecule has 202 valence electrons. The van der Waals surface area contributed by atoms with Gasteiger partial charge in [0, 0.05) is 34.4 Å². The molecule has 5 nitrogen and oxygen atoms in total. The second-order valence-electron chi connectivity index (χ2n) is 11.5. The highest BCUT2D eigenvalue weighted by Crippen LogP contribution is 2.45. The predicted octanol–water partition coefficient (Wildman–Crippen LogP) is 7.63. The van der Waals surface area contributed by atoms with Crippen molar-refractivity contribution in [3.8, 4) is 5.75 Å². The maximum Gasteiger partial charge on any atom is 0.230 e. The predicted molar refractivity (Wildman–Crippen MR) is 151 cm³/mol. The van der Waals surface area contributed by atoms with Gasteiger partial charge in [-0.3, -0.25) is 4.79 Å². The molecule has 2 aromatic carbocycles. The molecule has 5 heteroatoms. The summed E-state index contributed by atoms with van der Waals surface area (Å²) in [5.74, 6) is 1.27. The molecule has 0 unspecified atom stereocenters. The van der Waals surface area contributed by atoms with E-state index in [1.807, 2.05) is 38.1 Å². The minimum atomic E-state index is -0.507. The second kappa shape index (κ2) is 12.9. The molecule has 37 heavy (non-hydrogen) atoms. The van der Waals surface area contributed by atoms with Gasteiger partial charge in [0.25, 0.3) is 0 Å². The number of carbonyl (C=O) groups excluding carboxylic acids is 1. The highest BCUT2D eigenvalue weighted by atomic mass is 16.5. The van der Waals surface area contributed by atoms with Gasteiger partial charge in [0.15, 0.2) is 0 Å². The molecule has 0 radical (unpaired) electrons. The first kappa shape index (κ1) is 27.7. The first-order valence-corrected chi connectivity index (χ1v) is 14.3. The van der Waals surface area contributed by atoms with Gasteiger partial charge in [0.1, 0.15) is 5.75 Å². The summed E-state index contributed by atoms with van der Waals surface area (Å²) in [6.45, 7) is 7.92.